The van der Waals surface area contributed by atoms with Gasteiger partial charge in [-0.25, -0.2) is 26.7 Å². The Morgan fingerprint density at radius 1 is 1.40 bits per heavy atom. The molecule has 1 N–H and O–H groups in total. The van der Waals surface area contributed by atoms with Gasteiger partial charge in [0.15, 0.2) is 0 Å². The van der Waals surface area contributed by atoms with Crippen LogP contribution in [-0.2, 0) is 14.8 Å². The van der Waals surface area contributed by atoms with Gasteiger partial charge in [0, 0.05) is 18.9 Å². The number of nitrogens with one attached hydrogen (secondary N) is 1. The number of sulfonamides is 1. The summed E-state index contributed by atoms with van der Waals surface area (Å²) in [7, 11) is -2.75. The molecule has 0 heterocycles. The highest BCUT2D eigenvalue weighted by molar-refractivity contribution is 7.89. The zero-order chi connectivity index (χ0) is 15.0. The molecule has 1 saturated carbocycles. The lowest BCUT2D eigenvalue weighted by molar-refractivity contribution is -0.0876. The molecule has 0 aromatic heterocycles. The van der Waals surface area contributed by atoms with Gasteiger partial charge in [-0.3, -0.25) is 0 Å². The van der Waals surface area contributed by atoms with Crippen LogP contribution in [0, 0.1) is 0 Å². The van der Waals surface area contributed by atoms with Crippen LogP contribution in [0.3, 0.4) is 0 Å². The second-order valence-corrected chi connectivity index (χ2v) is 6.32. The molecule has 20 heavy (non-hydrogen) atoms. The number of hydrogen-bond acceptors (Lipinski definition) is 4. The molecule has 1 aliphatic rings. The van der Waals surface area contributed by atoms with Gasteiger partial charge >= 0.3 is 5.97 Å². The molecule has 0 saturated heterocycles. The van der Waals surface area contributed by atoms with Crippen molar-refractivity contribution in [3.05, 3.63) is 29.8 Å². The molecule has 0 aliphatic heterocycles. The number of benzene rings is 1. The first kappa shape index (κ1) is 14.9. The van der Waals surface area contributed by atoms with Gasteiger partial charge < -0.3 is 4.74 Å². The second-order valence-electron chi connectivity index (χ2n) is 4.60. The Labute approximate surface area is 115 Å². The molecule has 0 amide bonds. The Morgan fingerprint density at radius 2 is 2.05 bits per heavy atom. The maximum atomic E-state index is 12.7. The van der Waals surface area contributed by atoms with Gasteiger partial charge in [0.05, 0.1) is 17.6 Å². The molecule has 0 radical (unpaired) electrons. The monoisotopic (exact) mass is 305 g/mol. The molecule has 5 nitrogen and oxygen atoms in total. The molecule has 8 heteroatoms. The molecular formula is C12H13F2NO4S. The second kappa shape index (κ2) is 5.10. The number of rotatable bonds is 4. The maximum absolute atomic E-state index is 12.7. The summed E-state index contributed by atoms with van der Waals surface area (Å²) in [5.74, 6) is -3.47. The molecular weight excluding hydrogens is 292 g/mol. The van der Waals surface area contributed by atoms with Gasteiger partial charge in [0.25, 0.3) is 5.92 Å². The third-order valence-electron chi connectivity index (χ3n) is 2.98. The van der Waals surface area contributed by atoms with E-state index in [-0.39, 0.29) is 10.5 Å². The Kier molecular flexibility index (Phi) is 3.79. The minimum atomic E-state index is -3.93. The fourth-order valence-corrected chi connectivity index (χ4v) is 3.22. The topological polar surface area (TPSA) is 72.5 Å². The van der Waals surface area contributed by atoms with Crippen LogP contribution in [0.2, 0.25) is 0 Å². The summed E-state index contributed by atoms with van der Waals surface area (Å²) in [6, 6.07) is 4.44. The third kappa shape index (κ3) is 3.13. The van der Waals surface area contributed by atoms with E-state index >= 15 is 0 Å². The Morgan fingerprint density at radius 3 is 2.60 bits per heavy atom. The number of carbonyl (C=O) groups excluding carboxylic acids is 1. The first-order valence-electron chi connectivity index (χ1n) is 5.82. The number of hydrogen-bond donors (Lipinski definition) is 1. The van der Waals surface area contributed by atoms with Crippen molar-refractivity contribution in [3.63, 3.8) is 0 Å². The normalized spacial score (nSPS) is 18.4. The van der Waals surface area contributed by atoms with Crippen molar-refractivity contribution in [3.8, 4) is 0 Å². The molecule has 1 aliphatic carbocycles. The summed E-state index contributed by atoms with van der Waals surface area (Å²) in [6.07, 6.45) is -1.02. The van der Waals surface area contributed by atoms with Gasteiger partial charge in [-0.1, -0.05) is 6.07 Å². The van der Waals surface area contributed by atoms with E-state index < -0.39 is 40.8 Å². The van der Waals surface area contributed by atoms with Gasteiger partial charge in [-0.15, -0.1) is 0 Å². The van der Waals surface area contributed by atoms with Crippen molar-refractivity contribution >= 4 is 16.0 Å². The first-order valence-corrected chi connectivity index (χ1v) is 7.30. The predicted molar refractivity (Wildman–Crippen MR) is 66.1 cm³/mol. The smallest absolute Gasteiger partial charge is 0.337 e. The van der Waals surface area contributed by atoms with Crippen molar-refractivity contribution in [2.45, 2.75) is 29.7 Å². The van der Waals surface area contributed by atoms with E-state index in [2.05, 4.69) is 9.46 Å². The number of alkyl halides is 2. The summed E-state index contributed by atoms with van der Waals surface area (Å²) in [5, 5.41) is 0. The highest BCUT2D eigenvalue weighted by Crippen LogP contribution is 2.38. The highest BCUT2D eigenvalue weighted by atomic mass is 32.2. The highest BCUT2D eigenvalue weighted by Gasteiger charge is 2.46. The number of halogens is 2. The summed E-state index contributed by atoms with van der Waals surface area (Å²) in [4.78, 5) is 11.2. The van der Waals surface area contributed by atoms with Gasteiger partial charge in [0.2, 0.25) is 10.0 Å². The van der Waals surface area contributed by atoms with Crippen molar-refractivity contribution < 1.29 is 26.7 Å². The Balaban J connectivity index is 2.16. The summed E-state index contributed by atoms with van der Waals surface area (Å²) < 4.78 is 56.1. The average molecular weight is 305 g/mol. The summed E-state index contributed by atoms with van der Waals surface area (Å²) >= 11 is 0. The molecule has 2 rings (SSSR count). The number of carbonyl (C=O) groups is 1. The first-order chi connectivity index (χ1) is 9.23. The van der Waals surface area contributed by atoms with Gasteiger partial charge in [0.1, 0.15) is 0 Å². The third-order valence-corrected chi connectivity index (χ3v) is 4.50. The minimum Gasteiger partial charge on any atom is -0.465 e. The molecule has 110 valence electrons. The molecule has 0 spiro atoms. The fraction of sp³-hybridized carbons (Fsp3) is 0.417. The fourth-order valence-electron chi connectivity index (χ4n) is 1.94. The molecule has 1 fully saturated rings. The number of ether oxygens (including phenoxy) is 1. The zero-order valence-electron chi connectivity index (χ0n) is 10.6. The van der Waals surface area contributed by atoms with Crippen LogP contribution in [0.25, 0.3) is 0 Å². The van der Waals surface area contributed by atoms with Crippen LogP contribution in [0.1, 0.15) is 23.2 Å². The molecule has 0 bridgehead atoms. The van der Waals surface area contributed by atoms with E-state index in [9.17, 15) is 22.0 Å². The predicted octanol–water partition coefficient (Wildman–Crippen LogP) is 1.55. The minimum absolute atomic E-state index is 0.0781. The van der Waals surface area contributed by atoms with E-state index in [0.29, 0.717) is 0 Å². The number of methoxy groups -OCH3 is 1. The van der Waals surface area contributed by atoms with Crippen LogP contribution in [0.5, 0.6) is 0 Å². The molecule has 1 aromatic rings. The van der Waals surface area contributed by atoms with E-state index in [1.807, 2.05) is 0 Å². The zero-order valence-corrected chi connectivity index (χ0v) is 11.4. The van der Waals surface area contributed by atoms with Crippen molar-refractivity contribution in [1.29, 1.82) is 0 Å². The van der Waals surface area contributed by atoms with Crippen LogP contribution < -0.4 is 4.72 Å². The average Bonchev–Trinajstić information content (AvgIpc) is 2.35. The lowest BCUT2D eigenvalue weighted by Crippen LogP contribution is -2.50. The summed E-state index contributed by atoms with van der Waals surface area (Å²) in [5.41, 5.74) is 0.0781. The quantitative estimate of drug-likeness (QED) is 0.857. The van der Waals surface area contributed by atoms with Crippen LogP contribution in [0.15, 0.2) is 29.2 Å². The molecule has 0 atom stereocenters. The van der Waals surface area contributed by atoms with Gasteiger partial charge in [-0.2, -0.15) is 0 Å². The van der Waals surface area contributed by atoms with E-state index in [1.54, 1.807) is 0 Å². The standard InChI is InChI=1S/C12H13F2NO4S/c1-19-11(16)8-3-2-4-10(5-8)20(17,18)15-9-6-12(13,14)7-9/h2-5,9,15H,6-7H2,1H3. The van der Waals surface area contributed by atoms with Crippen LogP contribution in [0.4, 0.5) is 8.78 Å². The molecule has 1 aromatic carbocycles. The SMILES string of the molecule is COC(=O)c1cccc(S(=O)(=O)NC2CC(F)(F)C2)c1. The van der Waals surface area contributed by atoms with Crippen molar-refractivity contribution in [2.75, 3.05) is 7.11 Å². The number of esters is 1. The molecule has 0 unspecified atom stereocenters. The van der Waals surface area contributed by atoms with E-state index in [4.69, 9.17) is 0 Å². The lowest BCUT2D eigenvalue weighted by atomic mass is 9.89. The van der Waals surface area contributed by atoms with Gasteiger partial charge in [-0.05, 0) is 18.2 Å². The van der Waals surface area contributed by atoms with E-state index in [0.717, 1.165) is 6.07 Å². The van der Waals surface area contributed by atoms with Crippen LogP contribution >= 0.6 is 0 Å². The van der Waals surface area contributed by atoms with Crippen molar-refractivity contribution in [2.24, 2.45) is 0 Å². The van der Waals surface area contributed by atoms with E-state index in [1.165, 1.54) is 25.3 Å². The lowest BCUT2D eigenvalue weighted by Gasteiger charge is -2.34. The maximum Gasteiger partial charge on any atom is 0.337 e. The summed E-state index contributed by atoms with van der Waals surface area (Å²) in [6.45, 7) is 0. The largest absolute Gasteiger partial charge is 0.465 e. The van der Waals surface area contributed by atoms with Crippen LogP contribution in [-0.4, -0.2) is 33.5 Å². The van der Waals surface area contributed by atoms with Crippen molar-refractivity contribution in [1.82, 2.24) is 4.72 Å². The Hall–Kier alpha value is -1.54. The Bertz CT molecular complexity index is 622.